The number of anilines is 1. The number of aryl methyl sites for hydroxylation is 3. The van der Waals surface area contributed by atoms with Crippen LogP contribution in [-0.4, -0.2) is 30.3 Å². The maximum absolute atomic E-state index is 12.2. The number of ether oxygens (including phenoxy) is 2. The van der Waals surface area contributed by atoms with Gasteiger partial charge in [-0.2, -0.15) is 10.4 Å². The Bertz CT molecular complexity index is 1010. The molecule has 0 aliphatic rings. The van der Waals surface area contributed by atoms with E-state index in [0.717, 1.165) is 41.2 Å². The molecule has 0 saturated heterocycles. The van der Waals surface area contributed by atoms with Gasteiger partial charge in [-0.25, -0.2) is 0 Å². The number of nitrogens with zero attached hydrogens (tertiary/aromatic N) is 2. The second-order valence-corrected chi connectivity index (χ2v) is 6.86. The minimum absolute atomic E-state index is 0.102. The number of H-pyrrole nitrogens is 1. The Morgan fingerprint density at radius 2 is 1.70 bits per heavy atom. The van der Waals surface area contributed by atoms with Crippen molar-refractivity contribution < 1.29 is 14.3 Å². The number of carbonyl (C=O) groups excluding carboxylic acids is 1. The monoisotopic (exact) mass is 404 g/mol. The molecule has 0 aliphatic heterocycles. The van der Waals surface area contributed by atoms with Crippen molar-refractivity contribution in [2.75, 3.05) is 19.5 Å². The van der Waals surface area contributed by atoms with Crippen LogP contribution in [0, 0.1) is 11.3 Å². The number of hydrogen-bond acceptors (Lipinski definition) is 5. The van der Waals surface area contributed by atoms with E-state index in [4.69, 9.17) is 14.7 Å². The summed E-state index contributed by atoms with van der Waals surface area (Å²) in [5.74, 6) is 1.92. The van der Waals surface area contributed by atoms with E-state index >= 15 is 0 Å². The molecule has 0 unspecified atom stereocenters. The van der Waals surface area contributed by atoms with Crippen LogP contribution in [0.2, 0.25) is 0 Å². The SMILES string of the molecule is COc1cc(CCc2cc(NC(=O)CCc3ccc(C#N)cc3)n[nH]2)cc(OC)c1. The van der Waals surface area contributed by atoms with E-state index in [-0.39, 0.29) is 5.91 Å². The molecular formula is C23H24N4O3. The van der Waals surface area contributed by atoms with Gasteiger partial charge in [-0.15, -0.1) is 0 Å². The van der Waals surface area contributed by atoms with Crippen molar-refractivity contribution in [3.05, 3.63) is 70.9 Å². The van der Waals surface area contributed by atoms with Crippen molar-refractivity contribution in [2.24, 2.45) is 0 Å². The molecule has 7 nitrogen and oxygen atoms in total. The molecule has 2 N–H and O–H groups in total. The van der Waals surface area contributed by atoms with Crippen molar-refractivity contribution in [2.45, 2.75) is 25.7 Å². The largest absolute Gasteiger partial charge is 0.497 e. The molecule has 154 valence electrons. The Hall–Kier alpha value is -3.79. The van der Waals surface area contributed by atoms with Crippen LogP contribution in [0.3, 0.4) is 0 Å². The quantitative estimate of drug-likeness (QED) is 0.567. The molecule has 1 heterocycles. The van der Waals surface area contributed by atoms with Gasteiger partial charge >= 0.3 is 0 Å². The summed E-state index contributed by atoms with van der Waals surface area (Å²) >= 11 is 0. The third-order valence-electron chi connectivity index (χ3n) is 4.72. The zero-order chi connectivity index (χ0) is 21.3. The van der Waals surface area contributed by atoms with Gasteiger partial charge in [0.2, 0.25) is 5.91 Å². The first-order chi connectivity index (χ1) is 14.6. The summed E-state index contributed by atoms with van der Waals surface area (Å²) in [6.45, 7) is 0. The van der Waals surface area contributed by atoms with E-state index in [1.54, 1.807) is 26.4 Å². The van der Waals surface area contributed by atoms with E-state index in [0.29, 0.717) is 24.2 Å². The van der Waals surface area contributed by atoms with Crippen LogP contribution >= 0.6 is 0 Å². The maximum Gasteiger partial charge on any atom is 0.225 e. The molecular weight excluding hydrogens is 380 g/mol. The van der Waals surface area contributed by atoms with Crippen LogP contribution in [-0.2, 0) is 24.1 Å². The highest BCUT2D eigenvalue weighted by Gasteiger charge is 2.08. The highest BCUT2D eigenvalue weighted by molar-refractivity contribution is 5.89. The van der Waals surface area contributed by atoms with Crippen LogP contribution in [0.25, 0.3) is 0 Å². The average molecular weight is 404 g/mol. The Morgan fingerprint density at radius 3 is 2.33 bits per heavy atom. The van der Waals surface area contributed by atoms with Crippen LogP contribution < -0.4 is 14.8 Å². The van der Waals surface area contributed by atoms with Gasteiger partial charge in [-0.3, -0.25) is 9.89 Å². The Morgan fingerprint density at radius 1 is 1.00 bits per heavy atom. The summed E-state index contributed by atoms with van der Waals surface area (Å²) in [4.78, 5) is 12.2. The summed E-state index contributed by atoms with van der Waals surface area (Å²) < 4.78 is 10.6. The third kappa shape index (κ3) is 5.85. The lowest BCUT2D eigenvalue weighted by molar-refractivity contribution is -0.116. The predicted molar refractivity (Wildman–Crippen MR) is 114 cm³/mol. The second kappa shape index (κ2) is 10.1. The van der Waals surface area contributed by atoms with Crippen molar-refractivity contribution in [1.82, 2.24) is 10.2 Å². The predicted octanol–water partition coefficient (Wildman–Crippen LogP) is 3.66. The van der Waals surface area contributed by atoms with Crippen LogP contribution in [0.1, 0.15) is 28.8 Å². The number of aromatic amines is 1. The minimum atomic E-state index is -0.102. The molecule has 0 aliphatic carbocycles. The Balaban J connectivity index is 1.49. The first kappa shape index (κ1) is 20.9. The van der Waals surface area contributed by atoms with Crippen LogP contribution in [0.5, 0.6) is 11.5 Å². The van der Waals surface area contributed by atoms with Gasteiger partial charge < -0.3 is 14.8 Å². The minimum Gasteiger partial charge on any atom is -0.497 e. The number of amides is 1. The fraction of sp³-hybridized carbons (Fsp3) is 0.261. The van der Waals surface area contributed by atoms with E-state index in [2.05, 4.69) is 21.6 Å². The number of carbonyl (C=O) groups is 1. The normalized spacial score (nSPS) is 10.3. The smallest absolute Gasteiger partial charge is 0.225 e. The number of aromatic nitrogens is 2. The summed E-state index contributed by atoms with van der Waals surface area (Å²) in [6, 6.07) is 17.0. The van der Waals surface area contributed by atoms with Gasteiger partial charge in [-0.05, 0) is 54.7 Å². The van der Waals surface area contributed by atoms with Gasteiger partial charge in [-0.1, -0.05) is 12.1 Å². The van der Waals surface area contributed by atoms with Crippen LogP contribution in [0.15, 0.2) is 48.5 Å². The summed E-state index contributed by atoms with van der Waals surface area (Å²) in [7, 11) is 3.26. The molecule has 0 radical (unpaired) electrons. The molecule has 0 bridgehead atoms. The summed E-state index contributed by atoms with van der Waals surface area (Å²) in [5, 5.41) is 18.8. The molecule has 2 aromatic carbocycles. The van der Waals surface area contributed by atoms with Gasteiger partial charge in [0, 0.05) is 24.2 Å². The molecule has 1 amide bonds. The second-order valence-electron chi connectivity index (χ2n) is 6.86. The lowest BCUT2D eigenvalue weighted by atomic mass is 10.1. The maximum atomic E-state index is 12.2. The standard InChI is InChI=1S/C23H24N4O3/c1-29-20-11-18(12-21(14-20)30-2)7-9-19-13-22(27-26-19)25-23(28)10-8-16-3-5-17(15-24)6-4-16/h3-6,11-14H,7-10H2,1-2H3,(H2,25,26,27,28). The molecule has 0 saturated carbocycles. The summed E-state index contributed by atoms with van der Waals surface area (Å²) in [5.41, 5.74) is 3.65. The molecule has 3 rings (SSSR count). The van der Waals surface area contributed by atoms with Gasteiger partial charge in [0.25, 0.3) is 0 Å². The molecule has 0 atom stereocenters. The molecule has 7 heteroatoms. The zero-order valence-corrected chi connectivity index (χ0v) is 17.1. The van der Waals surface area contributed by atoms with Crippen molar-refractivity contribution in [3.63, 3.8) is 0 Å². The van der Waals surface area contributed by atoms with Crippen LogP contribution in [0.4, 0.5) is 5.82 Å². The highest BCUT2D eigenvalue weighted by atomic mass is 16.5. The number of nitriles is 1. The van der Waals surface area contributed by atoms with Crippen molar-refractivity contribution in [3.8, 4) is 17.6 Å². The molecule has 0 spiro atoms. The van der Waals surface area contributed by atoms with Crippen molar-refractivity contribution in [1.29, 1.82) is 5.26 Å². The number of methoxy groups -OCH3 is 2. The first-order valence-electron chi connectivity index (χ1n) is 9.64. The molecule has 0 fully saturated rings. The van der Waals surface area contributed by atoms with E-state index in [9.17, 15) is 4.79 Å². The molecule has 3 aromatic rings. The molecule has 1 aromatic heterocycles. The fourth-order valence-electron chi connectivity index (χ4n) is 3.05. The average Bonchev–Trinajstić information content (AvgIpc) is 3.23. The Kier molecular flexibility index (Phi) is 7.06. The van der Waals surface area contributed by atoms with Crippen molar-refractivity contribution >= 4 is 11.7 Å². The number of nitrogens with one attached hydrogen (secondary N) is 2. The third-order valence-corrected chi connectivity index (χ3v) is 4.72. The van der Waals surface area contributed by atoms with Gasteiger partial charge in [0.05, 0.1) is 25.9 Å². The fourth-order valence-corrected chi connectivity index (χ4v) is 3.05. The summed E-state index contributed by atoms with van der Waals surface area (Å²) in [6.07, 6.45) is 2.47. The number of rotatable bonds is 9. The number of hydrogen-bond donors (Lipinski definition) is 2. The van der Waals surface area contributed by atoms with Gasteiger partial charge in [0.15, 0.2) is 5.82 Å². The van der Waals surface area contributed by atoms with Gasteiger partial charge in [0.1, 0.15) is 11.5 Å². The first-order valence-corrected chi connectivity index (χ1v) is 9.64. The van der Waals surface area contributed by atoms with E-state index < -0.39 is 0 Å². The van der Waals surface area contributed by atoms with E-state index in [1.807, 2.05) is 36.4 Å². The Labute approximate surface area is 175 Å². The highest BCUT2D eigenvalue weighted by Crippen LogP contribution is 2.23. The topological polar surface area (TPSA) is 100 Å². The zero-order valence-electron chi connectivity index (χ0n) is 17.1. The lowest BCUT2D eigenvalue weighted by Crippen LogP contribution is -2.12. The number of benzene rings is 2. The lowest BCUT2D eigenvalue weighted by Gasteiger charge is -2.08. The van der Waals surface area contributed by atoms with E-state index in [1.165, 1.54) is 0 Å². The molecule has 30 heavy (non-hydrogen) atoms.